The second-order valence-electron chi connectivity index (χ2n) is 4.43. The number of phenolic OH excluding ortho intramolecular Hbond substituents is 1. The maximum atomic E-state index is 10.9. The molecular formula is C18H33NO6. The van der Waals surface area contributed by atoms with Crippen LogP contribution in [0.3, 0.4) is 0 Å². The maximum absolute atomic E-state index is 10.9. The van der Waals surface area contributed by atoms with Crippen molar-refractivity contribution in [2.75, 3.05) is 32.7 Å². The number of nitrogens with two attached hydrogens (primary N) is 1. The number of hydrogen-bond donors (Lipinski definition) is 2. The van der Waals surface area contributed by atoms with E-state index < -0.39 is 11.9 Å². The molecule has 1 rings (SSSR count). The highest BCUT2D eigenvalue weighted by Gasteiger charge is 2.24. The van der Waals surface area contributed by atoms with E-state index in [1.54, 1.807) is 6.92 Å². The molecule has 0 fully saturated rings. The van der Waals surface area contributed by atoms with Crippen molar-refractivity contribution in [2.24, 2.45) is 0 Å². The third-order valence-corrected chi connectivity index (χ3v) is 2.67. The van der Waals surface area contributed by atoms with Crippen LogP contribution in [0.5, 0.6) is 5.75 Å². The lowest BCUT2D eigenvalue weighted by Crippen LogP contribution is -2.35. The van der Waals surface area contributed by atoms with Gasteiger partial charge in [0.2, 0.25) is 0 Å². The van der Waals surface area contributed by atoms with Gasteiger partial charge in [-0.25, -0.2) is 4.79 Å². The molecule has 0 radical (unpaired) electrons. The second-order valence-corrected chi connectivity index (χ2v) is 4.43. The molecule has 0 aromatic heterocycles. The minimum atomic E-state index is -0.849. The minimum absolute atomic E-state index is 0.0392. The number of carbonyl (C=O) groups is 1. The largest absolute Gasteiger partial charge is 0.506 e. The van der Waals surface area contributed by atoms with E-state index in [2.05, 4.69) is 4.74 Å². The highest BCUT2D eigenvalue weighted by Crippen LogP contribution is 2.20. The quantitative estimate of drug-likeness (QED) is 0.332. The lowest BCUT2D eigenvalue weighted by atomic mass is 10.2. The molecule has 146 valence electrons. The highest BCUT2D eigenvalue weighted by molar-refractivity contribution is 5.90. The van der Waals surface area contributed by atoms with Gasteiger partial charge < -0.3 is 29.8 Å². The van der Waals surface area contributed by atoms with Crippen LogP contribution in [0.4, 0.5) is 5.69 Å². The van der Waals surface area contributed by atoms with Crippen LogP contribution in [0.2, 0.25) is 0 Å². The van der Waals surface area contributed by atoms with Crippen molar-refractivity contribution in [3.8, 4) is 5.75 Å². The Labute approximate surface area is 151 Å². The Kier molecular flexibility index (Phi) is 14.7. The maximum Gasteiger partial charge on any atom is 0.337 e. The molecule has 0 saturated heterocycles. The van der Waals surface area contributed by atoms with Gasteiger partial charge in [0.15, 0.2) is 0 Å². The molecule has 0 heterocycles. The highest BCUT2D eigenvalue weighted by atomic mass is 16.9. The fourth-order valence-corrected chi connectivity index (χ4v) is 1.71. The number of carbonyl (C=O) groups excluding carboxylic acids is 1. The van der Waals surface area contributed by atoms with Crippen molar-refractivity contribution in [1.82, 2.24) is 0 Å². The number of anilines is 1. The summed E-state index contributed by atoms with van der Waals surface area (Å²) in [5, 5.41) is 9.02. The van der Waals surface area contributed by atoms with Crippen molar-refractivity contribution in [3.05, 3.63) is 23.8 Å². The first kappa shape index (κ1) is 25.4. The fraction of sp³-hybridized carbons (Fsp3) is 0.611. The van der Waals surface area contributed by atoms with E-state index in [1.165, 1.54) is 25.3 Å². The number of methoxy groups -OCH3 is 1. The topological polar surface area (TPSA) is 100 Å². The molecule has 0 atom stereocenters. The second kappa shape index (κ2) is 14.5. The van der Waals surface area contributed by atoms with Gasteiger partial charge in [-0.05, 0) is 39.0 Å². The summed E-state index contributed by atoms with van der Waals surface area (Å²) < 4.78 is 20.3. The average molecular weight is 359 g/mol. The van der Waals surface area contributed by atoms with Crippen LogP contribution >= 0.6 is 0 Å². The summed E-state index contributed by atoms with van der Waals surface area (Å²) in [4.78, 5) is 10.9. The van der Waals surface area contributed by atoms with Crippen LogP contribution in [0.15, 0.2) is 18.2 Å². The van der Waals surface area contributed by atoms with E-state index in [9.17, 15) is 4.79 Å². The summed E-state index contributed by atoms with van der Waals surface area (Å²) in [6.07, 6.45) is 0. The van der Waals surface area contributed by atoms with Gasteiger partial charge in [0, 0.05) is 26.7 Å². The molecule has 7 heteroatoms. The standard InChI is InChI=1S/C8H9NO3.C8H18O3.C2H6/c1-12-8(11)5-2-3-7(10)6(9)4-5;1-5-9-8(4,10-6-2)11-7-3;1-2/h2-4,10H,9H2,1H3;5-7H2,1-4H3;1-2H3. The summed E-state index contributed by atoms with van der Waals surface area (Å²) >= 11 is 0. The number of ether oxygens (including phenoxy) is 4. The van der Waals surface area contributed by atoms with Crippen LogP contribution in [-0.4, -0.2) is 44.0 Å². The van der Waals surface area contributed by atoms with E-state index in [4.69, 9.17) is 25.1 Å². The predicted octanol–water partition coefficient (Wildman–Crippen LogP) is 3.56. The van der Waals surface area contributed by atoms with Crippen molar-refractivity contribution in [3.63, 3.8) is 0 Å². The molecular weight excluding hydrogens is 326 g/mol. The van der Waals surface area contributed by atoms with Gasteiger partial charge in [-0.15, -0.1) is 0 Å². The first-order chi connectivity index (χ1) is 11.8. The van der Waals surface area contributed by atoms with E-state index in [-0.39, 0.29) is 11.4 Å². The number of hydrogen-bond acceptors (Lipinski definition) is 7. The van der Waals surface area contributed by atoms with E-state index in [1.807, 2.05) is 34.6 Å². The Hall–Kier alpha value is -1.83. The van der Waals surface area contributed by atoms with Gasteiger partial charge in [0.25, 0.3) is 5.97 Å². The van der Waals surface area contributed by atoms with Crippen molar-refractivity contribution in [2.45, 2.75) is 47.5 Å². The van der Waals surface area contributed by atoms with Gasteiger partial charge in [0.05, 0.1) is 18.4 Å². The zero-order chi connectivity index (χ0) is 19.9. The van der Waals surface area contributed by atoms with E-state index >= 15 is 0 Å². The third-order valence-electron chi connectivity index (χ3n) is 2.67. The average Bonchev–Trinajstić information content (AvgIpc) is 2.59. The molecule has 0 aliphatic carbocycles. The number of phenols is 1. The Balaban J connectivity index is 0. The van der Waals surface area contributed by atoms with Crippen LogP contribution in [0.1, 0.15) is 51.9 Å². The Morgan fingerprint density at radius 3 is 1.84 bits per heavy atom. The van der Waals surface area contributed by atoms with Crippen LogP contribution < -0.4 is 5.73 Å². The molecule has 0 aliphatic heterocycles. The zero-order valence-electron chi connectivity index (χ0n) is 16.4. The predicted molar refractivity (Wildman–Crippen MR) is 98.5 cm³/mol. The smallest absolute Gasteiger partial charge is 0.337 e. The zero-order valence-corrected chi connectivity index (χ0v) is 16.4. The molecule has 0 aliphatic rings. The number of esters is 1. The van der Waals surface area contributed by atoms with Gasteiger partial charge in [-0.3, -0.25) is 0 Å². The Morgan fingerprint density at radius 2 is 1.52 bits per heavy atom. The van der Waals surface area contributed by atoms with E-state index in [0.717, 1.165) is 0 Å². The van der Waals surface area contributed by atoms with Crippen LogP contribution in [0.25, 0.3) is 0 Å². The van der Waals surface area contributed by atoms with E-state index in [0.29, 0.717) is 25.4 Å². The molecule has 0 spiro atoms. The lowest BCUT2D eigenvalue weighted by Gasteiger charge is -2.27. The lowest BCUT2D eigenvalue weighted by molar-refractivity contribution is -0.365. The monoisotopic (exact) mass is 359 g/mol. The first-order valence-electron chi connectivity index (χ1n) is 8.42. The number of nitrogen functional groups attached to an aromatic ring is 1. The van der Waals surface area contributed by atoms with Gasteiger partial charge in [0.1, 0.15) is 5.75 Å². The summed E-state index contributed by atoms with van der Waals surface area (Å²) in [5.41, 5.74) is 5.85. The number of benzene rings is 1. The summed E-state index contributed by atoms with van der Waals surface area (Å²) in [6.45, 7) is 13.3. The molecule has 0 amide bonds. The SMILES string of the molecule is CC.CCOC(C)(OCC)OCC.COC(=O)c1ccc(O)c(N)c1. The van der Waals surface area contributed by atoms with Crippen molar-refractivity contribution < 1.29 is 28.8 Å². The molecule has 0 unspecified atom stereocenters. The fourth-order valence-electron chi connectivity index (χ4n) is 1.71. The molecule has 0 saturated carbocycles. The summed E-state index contributed by atoms with van der Waals surface area (Å²) in [5.74, 6) is -1.36. The van der Waals surface area contributed by atoms with Crippen LogP contribution in [-0.2, 0) is 18.9 Å². The Morgan fingerprint density at radius 1 is 1.08 bits per heavy atom. The molecule has 3 N–H and O–H groups in total. The Bertz CT molecular complexity index is 462. The van der Waals surface area contributed by atoms with Gasteiger partial charge in [-0.2, -0.15) is 0 Å². The van der Waals surface area contributed by atoms with Crippen molar-refractivity contribution >= 4 is 11.7 Å². The normalized spacial score (nSPS) is 10.0. The molecule has 25 heavy (non-hydrogen) atoms. The summed E-state index contributed by atoms with van der Waals surface area (Å²) in [6, 6.07) is 4.15. The van der Waals surface area contributed by atoms with Gasteiger partial charge >= 0.3 is 5.97 Å². The third kappa shape index (κ3) is 10.6. The first-order valence-corrected chi connectivity index (χ1v) is 8.42. The minimum Gasteiger partial charge on any atom is -0.506 e. The molecule has 7 nitrogen and oxygen atoms in total. The molecule has 0 bridgehead atoms. The number of aromatic hydroxyl groups is 1. The molecule has 1 aromatic rings. The van der Waals surface area contributed by atoms with Crippen LogP contribution in [0, 0.1) is 0 Å². The van der Waals surface area contributed by atoms with Gasteiger partial charge in [-0.1, -0.05) is 13.8 Å². The van der Waals surface area contributed by atoms with Crippen molar-refractivity contribution in [1.29, 1.82) is 0 Å². The summed E-state index contributed by atoms with van der Waals surface area (Å²) in [7, 11) is 1.28. The number of rotatable bonds is 7. The molecule has 1 aromatic carbocycles.